The smallest absolute Gasteiger partial charge is 0.201 e. The fourth-order valence-electron chi connectivity index (χ4n) is 3.89. The summed E-state index contributed by atoms with van der Waals surface area (Å²) < 4.78 is 33.7. The van der Waals surface area contributed by atoms with Crippen LogP contribution in [0, 0.1) is 17.0 Å². The molecule has 0 heterocycles. The average Bonchev–Trinajstić information content (AvgIpc) is 2.69. The normalized spacial score (nSPS) is 25.4. The molecule has 0 aromatic heterocycles. The van der Waals surface area contributed by atoms with Crippen molar-refractivity contribution in [2.45, 2.75) is 58.5 Å². The molecule has 0 amide bonds. The minimum atomic E-state index is -0.969. The average molecular weight is 374 g/mol. The summed E-state index contributed by atoms with van der Waals surface area (Å²) in [7, 11) is 0. The maximum absolute atomic E-state index is 14.4. The van der Waals surface area contributed by atoms with Gasteiger partial charge in [-0.2, -0.15) is 4.39 Å². The highest BCUT2D eigenvalue weighted by atomic mass is 19.2. The molecule has 1 fully saturated rings. The second kappa shape index (κ2) is 7.59. The molecule has 0 bridgehead atoms. The van der Waals surface area contributed by atoms with E-state index < -0.39 is 17.2 Å². The van der Waals surface area contributed by atoms with Gasteiger partial charge in [-0.15, -0.1) is 0 Å². The summed E-state index contributed by atoms with van der Waals surface area (Å²) in [5.41, 5.74) is 1.08. The van der Waals surface area contributed by atoms with Gasteiger partial charge in [0.1, 0.15) is 0 Å². The van der Waals surface area contributed by atoms with E-state index in [1.807, 2.05) is 12.1 Å². The Balaban J connectivity index is 1.83. The van der Waals surface area contributed by atoms with Crippen LogP contribution in [0.2, 0.25) is 0 Å². The Kier molecular flexibility index (Phi) is 5.57. The first-order chi connectivity index (χ1) is 12.8. The van der Waals surface area contributed by atoms with Gasteiger partial charge in [-0.25, -0.2) is 4.39 Å². The molecule has 4 heteroatoms. The first-order valence-electron chi connectivity index (χ1n) is 9.76. The molecule has 2 nitrogen and oxygen atoms in total. The van der Waals surface area contributed by atoms with Gasteiger partial charge in [0.05, 0.1) is 12.2 Å². The third-order valence-corrected chi connectivity index (χ3v) is 6.22. The Morgan fingerprint density at radius 3 is 2.11 bits per heavy atom. The van der Waals surface area contributed by atoms with Gasteiger partial charge >= 0.3 is 0 Å². The minimum Gasteiger partial charge on any atom is -0.491 e. The van der Waals surface area contributed by atoms with Gasteiger partial charge in [-0.3, -0.25) is 0 Å². The SMILES string of the molecule is CCOc1ccc(-c2ccc(C3(O)CCC(C)(CC)CC3)cc2)c(F)c1F. The molecule has 0 radical (unpaired) electrons. The van der Waals surface area contributed by atoms with E-state index in [1.165, 1.54) is 12.1 Å². The number of halogens is 2. The Bertz CT molecular complexity index is 791. The summed E-state index contributed by atoms with van der Waals surface area (Å²) in [5, 5.41) is 11.1. The van der Waals surface area contributed by atoms with E-state index in [0.29, 0.717) is 11.0 Å². The number of rotatable bonds is 5. The van der Waals surface area contributed by atoms with Crippen molar-refractivity contribution in [2.24, 2.45) is 5.41 Å². The van der Waals surface area contributed by atoms with E-state index in [1.54, 1.807) is 19.1 Å². The molecule has 0 unspecified atom stereocenters. The highest BCUT2D eigenvalue weighted by molar-refractivity contribution is 5.65. The quantitative estimate of drug-likeness (QED) is 0.674. The lowest BCUT2D eigenvalue weighted by molar-refractivity contribution is -0.0356. The number of hydrogen-bond donors (Lipinski definition) is 1. The van der Waals surface area contributed by atoms with Crippen LogP contribution in [0.25, 0.3) is 11.1 Å². The van der Waals surface area contributed by atoms with Crippen LogP contribution in [0.4, 0.5) is 8.78 Å². The lowest BCUT2D eigenvalue weighted by Crippen LogP contribution is -2.35. The van der Waals surface area contributed by atoms with E-state index in [-0.39, 0.29) is 17.9 Å². The van der Waals surface area contributed by atoms with E-state index in [0.717, 1.165) is 37.7 Å². The second-order valence-corrected chi connectivity index (χ2v) is 7.95. The van der Waals surface area contributed by atoms with Crippen molar-refractivity contribution in [2.75, 3.05) is 6.61 Å². The molecule has 27 heavy (non-hydrogen) atoms. The van der Waals surface area contributed by atoms with Gasteiger partial charge in [0, 0.05) is 5.56 Å². The summed E-state index contributed by atoms with van der Waals surface area (Å²) in [6, 6.07) is 10.1. The summed E-state index contributed by atoms with van der Waals surface area (Å²) in [4.78, 5) is 0. The zero-order chi connectivity index (χ0) is 19.7. The predicted octanol–water partition coefficient (Wildman–Crippen LogP) is 6.21. The largest absolute Gasteiger partial charge is 0.491 e. The van der Waals surface area contributed by atoms with Crippen LogP contribution in [-0.4, -0.2) is 11.7 Å². The Hall–Kier alpha value is -1.94. The molecule has 146 valence electrons. The van der Waals surface area contributed by atoms with Crippen molar-refractivity contribution in [1.29, 1.82) is 0 Å². The monoisotopic (exact) mass is 374 g/mol. The van der Waals surface area contributed by atoms with Crippen molar-refractivity contribution in [3.05, 3.63) is 53.6 Å². The molecule has 0 saturated heterocycles. The number of hydrogen-bond acceptors (Lipinski definition) is 2. The summed E-state index contributed by atoms with van der Waals surface area (Å²) >= 11 is 0. The van der Waals surface area contributed by atoms with E-state index in [4.69, 9.17) is 4.74 Å². The number of benzene rings is 2. The molecule has 0 atom stereocenters. The van der Waals surface area contributed by atoms with Crippen LogP contribution in [0.3, 0.4) is 0 Å². The maximum atomic E-state index is 14.4. The molecule has 1 aliphatic rings. The molecular formula is C23H28F2O2. The first kappa shape index (κ1) is 19.8. The first-order valence-corrected chi connectivity index (χ1v) is 9.76. The van der Waals surface area contributed by atoms with E-state index >= 15 is 0 Å². The van der Waals surface area contributed by atoms with Crippen molar-refractivity contribution in [3.63, 3.8) is 0 Å². The minimum absolute atomic E-state index is 0.0779. The Morgan fingerprint density at radius 2 is 1.56 bits per heavy atom. The topological polar surface area (TPSA) is 29.5 Å². The molecular weight excluding hydrogens is 346 g/mol. The second-order valence-electron chi connectivity index (χ2n) is 7.95. The third kappa shape index (κ3) is 3.86. The summed E-state index contributed by atoms with van der Waals surface area (Å²) in [5.74, 6) is -1.96. The molecule has 1 N–H and O–H groups in total. The lowest BCUT2D eigenvalue weighted by Gasteiger charge is -2.42. The van der Waals surface area contributed by atoms with Crippen molar-refractivity contribution in [3.8, 4) is 16.9 Å². The fourth-order valence-corrected chi connectivity index (χ4v) is 3.89. The molecule has 1 saturated carbocycles. The molecule has 2 aromatic rings. The lowest BCUT2D eigenvalue weighted by atomic mass is 9.66. The van der Waals surface area contributed by atoms with Crippen molar-refractivity contribution >= 4 is 0 Å². The highest BCUT2D eigenvalue weighted by Crippen LogP contribution is 2.47. The summed E-state index contributed by atoms with van der Waals surface area (Å²) in [6.07, 6.45) is 4.54. The predicted molar refractivity (Wildman–Crippen MR) is 104 cm³/mol. The molecule has 0 aliphatic heterocycles. The molecule has 2 aromatic carbocycles. The van der Waals surface area contributed by atoms with Gasteiger partial charge in [0.15, 0.2) is 11.6 Å². The van der Waals surface area contributed by atoms with Crippen LogP contribution >= 0.6 is 0 Å². The Morgan fingerprint density at radius 1 is 0.926 bits per heavy atom. The highest BCUT2D eigenvalue weighted by Gasteiger charge is 2.39. The number of ether oxygens (including phenoxy) is 1. The van der Waals surface area contributed by atoms with Crippen LogP contribution in [0.15, 0.2) is 36.4 Å². The van der Waals surface area contributed by atoms with E-state index in [9.17, 15) is 13.9 Å². The third-order valence-electron chi connectivity index (χ3n) is 6.22. The van der Waals surface area contributed by atoms with Crippen LogP contribution < -0.4 is 4.74 Å². The van der Waals surface area contributed by atoms with Crippen molar-refractivity contribution in [1.82, 2.24) is 0 Å². The van der Waals surface area contributed by atoms with E-state index in [2.05, 4.69) is 13.8 Å². The van der Waals surface area contributed by atoms with Crippen LogP contribution in [0.5, 0.6) is 5.75 Å². The molecule has 1 aliphatic carbocycles. The van der Waals surface area contributed by atoms with Gasteiger partial charge in [-0.1, -0.05) is 44.5 Å². The van der Waals surface area contributed by atoms with Gasteiger partial charge in [0.2, 0.25) is 5.82 Å². The molecule has 3 rings (SSSR count). The van der Waals surface area contributed by atoms with Gasteiger partial charge < -0.3 is 9.84 Å². The summed E-state index contributed by atoms with van der Waals surface area (Å²) in [6.45, 7) is 6.48. The zero-order valence-corrected chi connectivity index (χ0v) is 16.3. The number of aliphatic hydroxyl groups is 1. The maximum Gasteiger partial charge on any atom is 0.201 e. The van der Waals surface area contributed by atoms with Crippen molar-refractivity contribution < 1.29 is 18.6 Å². The van der Waals surface area contributed by atoms with Crippen LogP contribution in [-0.2, 0) is 5.60 Å². The van der Waals surface area contributed by atoms with Gasteiger partial charge in [0.25, 0.3) is 0 Å². The van der Waals surface area contributed by atoms with Crippen LogP contribution in [0.1, 0.15) is 58.4 Å². The standard InChI is InChI=1S/C23H28F2O2/c1-4-22(3)12-14-23(26,15-13-22)17-8-6-16(7-9-17)18-10-11-19(27-5-2)21(25)20(18)24/h6-11,26H,4-5,12-15H2,1-3H3. The fraction of sp³-hybridized carbons (Fsp3) is 0.478. The van der Waals surface area contributed by atoms with Gasteiger partial charge in [-0.05, 0) is 61.3 Å². The Labute approximate surface area is 160 Å². The molecule has 0 spiro atoms. The zero-order valence-electron chi connectivity index (χ0n) is 16.3.